The van der Waals surface area contributed by atoms with Crippen molar-refractivity contribution in [2.75, 3.05) is 18.8 Å². The summed E-state index contributed by atoms with van der Waals surface area (Å²) >= 11 is 0. The summed E-state index contributed by atoms with van der Waals surface area (Å²) in [5.74, 6) is 0.108. The Hall–Kier alpha value is -2.58. The van der Waals surface area contributed by atoms with E-state index in [1.807, 2.05) is 44.2 Å². The molecule has 0 aromatic heterocycles. The smallest absolute Gasteiger partial charge is 0.407 e. The highest BCUT2D eigenvalue weighted by molar-refractivity contribution is 7.89. The van der Waals surface area contributed by atoms with E-state index in [9.17, 15) is 13.2 Å². The van der Waals surface area contributed by atoms with Gasteiger partial charge in [-0.15, -0.1) is 0 Å². The van der Waals surface area contributed by atoms with Crippen molar-refractivity contribution in [3.63, 3.8) is 0 Å². The molecule has 0 bridgehead atoms. The van der Waals surface area contributed by atoms with Crippen LogP contribution in [0.3, 0.4) is 0 Å². The molecule has 1 fully saturated rings. The number of cyclic esters (lactones) is 1. The fourth-order valence-corrected chi connectivity index (χ4v) is 5.00. The second kappa shape index (κ2) is 8.84. The number of carbonyl (C=O) groups excluding carboxylic acids is 1. The quantitative estimate of drug-likeness (QED) is 0.643. The number of hydrogen-bond acceptors (Lipinski definition) is 5. The first-order valence-corrected chi connectivity index (χ1v) is 11.1. The minimum atomic E-state index is -3.76. The van der Waals surface area contributed by atoms with Gasteiger partial charge in [0.05, 0.1) is 17.5 Å². The summed E-state index contributed by atoms with van der Waals surface area (Å²) in [5.41, 5.74) is 7.23. The standard InChI is InChI=1S/C21H27N3O4S/c1-15(2)13-24(29(26,27)18-10-8-17(22)9-11-18)14-20-19(23-21(25)28-20)12-16-6-4-3-5-7-16/h3-11,15,19-20H,12-14,22H2,1-2H3,(H,23,25)/t19-,20+/m0/s1. The van der Waals surface area contributed by atoms with E-state index in [-0.39, 0.29) is 23.4 Å². The largest absolute Gasteiger partial charge is 0.443 e. The zero-order chi connectivity index (χ0) is 21.0. The summed E-state index contributed by atoms with van der Waals surface area (Å²) in [7, 11) is -3.76. The zero-order valence-corrected chi connectivity index (χ0v) is 17.4. The Morgan fingerprint density at radius 3 is 2.38 bits per heavy atom. The molecule has 0 aliphatic carbocycles. The van der Waals surface area contributed by atoms with Crippen LogP contribution in [-0.2, 0) is 21.2 Å². The molecule has 1 heterocycles. The Kier molecular flexibility index (Phi) is 6.44. The van der Waals surface area contributed by atoms with Crippen LogP contribution in [0.2, 0.25) is 0 Å². The third-order valence-corrected chi connectivity index (χ3v) is 6.62. The molecule has 1 saturated heterocycles. The van der Waals surface area contributed by atoms with Gasteiger partial charge in [-0.25, -0.2) is 13.2 Å². The highest BCUT2D eigenvalue weighted by Crippen LogP contribution is 2.22. The van der Waals surface area contributed by atoms with E-state index in [1.165, 1.54) is 16.4 Å². The van der Waals surface area contributed by atoms with Gasteiger partial charge in [-0.3, -0.25) is 0 Å². The first-order chi connectivity index (χ1) is 13.8. The van der Waals surface area contributed by atoms with Crippen molar-refractivity contribution in [2.45, 2.75) is 37.3 Å². The number of sulfonamides is 1. The molecule has 0 unspecified atom stereocenters. The number of nitrogen functional groups attached to an aromatic ring is 1. The van der Waals surface area contributed by atoms with Crippen molar-refractivity contribution in [3.8, 4) is 0 Å². The minimum absolute atomic E-state index is 0.0845. The molecular weight excluding hydrogens is 390 g/mol. The lowest BCUT2D eigenvalue weighted by molar-refractivity contribution is 0.114. The zero-order valence-electron chi connectivity index (χ0n) is 16.6. The minimum Gasteiger partial charge on any atom is -0.443 e. The van der Waals surface area contributed by atoms with Gasteiger partial charge in [0.2, 0.25) is 10.0 Å². The topological polar surface area (TPSA) is 102 Å². The van der Waals surface area contributed by atoms with Gasteiger partial charge in [-0.1, -0.05) is 44.2 Å². The second-order valence-electron chi connectivity index (χ2n) is 7.67. The summed E-state index contributed by atoms with van der Waals surface area (Å²) in [6, 6.07) is 15.5. The average Bonchev–Trinajstić information content (AvgIpc) is 3.01. The van der Waals surface area contributed by atoms with Crippen molar-refractivity contribution in [2.24, 2.45) is 5.92 Å². The SMILES string of the molecule is CC(C)CN(C[C@H]1OC(=O)N[C@H]1Cc1ccccc1)S(=O)(=O)c1ccc(N)cc1. The highest BCUT2D eigenvalue weighted by Gasteiger charge is 2.38. The average molecular weight is 418 g/mol. The molecule has 1 aliphatic heterocycles. The number of alkyl carbamates (subject to hydrolysis) is 1. The molecule has 29 heavy (non-hydrogen) atoms. The molecule has 0 radical (unpaired) electrons. The maximum atomic E-state index is 13.2. The van der Waals surface area contributed by atoms with Crippen molar-refractivity contribution >= 4 is 21.8 Å². The molecule has 156 valence electrons. The van der Waals surface area contributed by atoms with Crippen LogP contribution in [-0.4, -0.2) is 44.1 Å². The molecule has 2 aromatic carbocycles. The molecule has 1 aliphatic rings. The Morgan fingerprint density at radius 1 is 1.10 bits per heavy atom. The summed E-state index contributed by atoms with van der Waals surface area (Å²) in [5, 5.41) is 2.81. The lowest BCUT2D eigenvalue weighted by Gasteiger charge is -2.28. The molecular formula is C21H27N3O4S. The van der Waals surface area contributed by atoms with Gasteiger partial charge in [-0.05, 0) is 42.2 Å². The highest BCUT2D eigenvalue weighted by atomic mass is 32.2. The predicted molar refractivity (Wildman–Crippen MR) is 112 cm³/mol. The lowest BCUT2D eigenvalue weighted by atomic mass is 10.0. The summed E-state index contributed by atoms with van der Waals surface area (Å²) < 4.78 is 33.3. The van der Waals surface area contributed by atoms with E-state index in [1.54, 1.807) is 12.1 Å². The van der Waals surface area contributed by atoms with Crippen LogP contribution < -0.4 is 11.1 Å². The molecule has 1 amide bonds. The molecule has 2 aromatic rings. The number of anilines is 1. The number of hydrogen-bond donors (Lipinski definition) is 2. The molecule has 2 atom stereocenters. The molecule has 3 rings (SSSR count). The van der Waals surface area contributed by atoms with Crippen molar-refractivity contribution in [3.05, 3.63) is 60.2 Å². The number of benzene rings is 2. The van der Waals surface area contributed by atoms with Gasteiger partial charge in [-0.2, -0.15) is 4.31 Å². The van der Waals surface area contributed by atoms with Gasteiger partial charge < -0.3 is 15.8 Å². The third-order valence-electron chi connectivity index (χ3n) is 4.78. The van der Waals surface area contributed by atoms with Crippen LogP contribution >= 0.6 is 0 Å². The number of nitrogens with one attached hydrogen (secondary N) is 1. The van der Waals surface area contributed by atoms with Gasteiger partial charge in [0.1, 0.15) is 6.10 Å². The van der Waals surface area contributed by atoms with Crippen molar-refractivity contribution < 1.29 is 17.9 Å². The Morgan fingerprint density at radius 2 is 1.76 bits per heavy atom. The third kappa shape index (κ3) is 5.27. The maximum absolute atomic E-state index is 13.2. The number of nitrogens with two attached hydrogens (primary N) is 1. The maximum Gasteiger partial charge on any atom is 0.407 e. The van der Waals surface area contributed by atoms with E-state index in [0.29, 0.717) is 18.7 Å². The fourth-order valence-electron chi connectivity index (χ4n) is 3.38. The summed E-state index contributed by atoms with van der Waals surface area (Å²) in [6.07, 6.45) is -0.537. The number of ether oxygens (including phenoxy) is 1. The van der Waals surface area contributed by atoms with E-state index in [2.05, 4.69) is 5.32 Å². The first-order valence-electron chi connectivity index (χ1n) is 9.62. The van der Waals surface area contributed by atoms with Crippen LogP contribution in [0.15, 0.2) is 59.5 Å². The van der Waals surface area contributed by atoms with Crippen molar-refractivity contribution in [1.82, 2.24) is 9.62 Å². The Balaban J connectivity index is 1.83. The van der Waals surface area contributed by atoms with E-state index in [4.69, 9.17) is 10.5 Å². The Bertz CT molecular complexity index is 930. The van der Waals surface area contributed by atoms with Crippen LogP contribution in [0.5, 0.6) is 0 Å². The van der Waals surface area contributed by atoms with E-state index < -0.39 is 22.2 Å². The monoisotopic (exact) mass is 417 g/mol. The van der Waals surface area contributed by atoms with E-state index in [0.717, 1.165) is 5.56 Å². The predicted octanol–water partition coefficient (Wildman–Crippen LogP) is 2.64. The number of amides is 1. The van der Waals surface area contributed by atoms with Crippen LogP contribution in [0.4, 0.5) is 10.5 Å². The molecule has 0 saturated carbocycles. The van der Waals surface area contributed by atoms with Gasteiger partial charge >= 0.3 is 6.09 Å². The second-order valence-corrected chi connectivity index (χ2v) is 9.61. The Labute approximate surface area is 171 Å². The molecule has 8 heteroatoms. The summed E-state index contributed by atoms with van der Waals surface area (Å²) in [4.78, 5) is 12.1. The first kappa shape index (κ1) is 21.1. The fraction of sp³-hybridized carbons (Fsp3) is 0.381. The van der Waals surface area contributed by atoms with Crippen molar-refractivity contribution in [1.29, 1.82) is 0 Å². The van der Waals surface area contributed by atoms with Gasteiger partial charge in [0.15, 0.2) is 0 Å². The van der Waals surface area contributed by atoms with Gasteiger partial charge in [0, 0.05) is 12.2 Å². The molecule has 7 nitrogen and oxygen atoms in total. The van der Waals surface area contributed by atoms with Crippen LogP contribution in [0.1, 0.15) is 19.4 Å². The normalized spacial score (nSPS) is 19.4. The van der Waals surface area contributed by atoms with Gasteiger partial charge in [0.25, 0.3) is 0 Å². The van der Waals surface area contributed by atoms with E-state index >= 15 is 0 Å². The lowest BCUT2D eigenvalue weighted by Crippen LogP contribution is -2.45. The summed E-state index contributed by atoms with van der Waals surface area (Å²) in [6.45, 7) is 4.30. The van der Waals surface area contributed by atoms with Crippen LogP contribution in [0.25, 0.3) is 0 Å². The van der Waals surface area contributed by atoms with Crippen LogP contribution in [0, 0.1) is 5.92 Å². The number of rotatable bonds is 8. The number of carbonyl (C=O) groups is 1. The molecule has 0 spiro atoms. The number of nitrogens with zero attached hydrogens (tertiary/aromatic N) is 1. The molecule has 3 N–H and O–H groups in total.